The number of amides is 1. The van der Waals surface area contributed by atoms with Gasteiger partial charge in [0, 0.05) is 18.7 Å². The first-order valence-corrected chi connectivity index (χ1v) is 6.93. The highest BCUT2D eigenvalue weighted by Gasteiger charge is 2.23. The molecule has 0 atom stereocenters. The standard InChI is InChI=1S/C17H18N2O/c18-10-9-13-5-7-14(8-6-13)17(20)19-11-15-3-1-2-4-16(15)12-19/h1-8H,9-12,18H2. The van der Waals surface area contributed by atoms with Crippen molar-refractivity contribution in [2.45, 2.75) is 19.5 Å². The molecule has 0 radical (unpaired) electrons. The zero-order valence-corrected chi connectivity index (χ0v) is 11.4. The molecule has 1 amide bonds. The van der Waals surface area contributed by atoms with Gasteiger partial charge in [-0.05, 0) is 41.8 Å². The summed E-state index contributed by atoms with van der Waals surface area (Å²) in [6, 6.07) is 16.0. The monoisotopic (exact) mass is 266 g/mol. The number of rotatable bonds is 3. The fourth-order valence-corrected chi connectivity index (χ4v) is 2.64. The van der Waals surface area contributed by atoms with E-state index < -0.39 is 0 Å². The maximum Gasteiger partial charge on any atom is 0.254 e. The van der Waals surface area contributed by atoms with Crippen molar-refractivity contribution in [3.63, 3.8) is 0 Å². The highest BCUT2D eigenvalue weighted by molar-refractivity contribution is 5.94. The molecule has 2 N–H and O–H groups in total. The minimum atomic E-state index is 0.0977. The number of fused-ring (bicyclic) bond motifs is 1. The molecule has 3 rings (SSSR count). The number of nitrogens with two attached hydrogens (primary N) is 1. The van der Waals surface area contributed by atoms with E-state index in [1.54, 1.807) is 0 Å². The maximum absolute atomic E-state index is 12.5. The first kappa shape index (κ1) is 12.9. The van der Waals surface area contributed by atoms with Gasteiger partial charge >= 0.3 is 0 Å². The zero-order valence-electron chi connectivity index (χ0n) is 11.4. The Balaban J connectivity index is 1.74. The van der Waals surface area contributed by atoms with E-state index in [1.807, 2.05) is 41.3 Å². The first-order chi connectivity index (χ1) is 9.78. The molecule has 0 saturated heterocycles. The lowest BCUT2D eigenvalue weighted by atomic mass is 10.1. The Hall–Kier alpha value is -2.13. The van der Waals surface area contributed by atoms with Crippen molar-refractivity contribution in [3.8, 4) is 0 Å². The molecular formula is C17H18N2O. The third-order valence-electron chi connectivity index (χ3n) is 3.76. The van der Waals surface area contributed by atoms with Crippen LogP contribution in [0.2, 0.25) is 0 Å². The van der Waals surface area contributed by atoms with Crippen molar-refractivity contribution in [1.29, 1.82) is 0 Å². The van der Waals surface area contributed by atoms with Crippen molar-refractivity contribution < 1.29 is 4.79 Å². The Bertz CT molecular complexity index is 594. The van der Waals surface area contributed by atoms with Gasteiger partial charge in [0.25, 0.3) is 5.91 Å². The van der Waals surface area contributed by atoms with E-state index in [2.05, 4.69) is 12.1 Å². The normalized spacial score (nSPS) is 13.3. The Labute approximate surface area is 119 Å². The summed E-state index contributed by atoms with van der Waals surface area (Å²) in [7, 11) is 0. The number of carbonyl (C=O) groups excluding carboxylic acids is 1. The SMILES string of the molecule is NCCc1ccc(C(=O)N2Cc3ccccc3C2)cc1. The van der Waals surface area contributed by atoms with Crippen molar-refractivity contribution in [2.75, 3.05) is 6.54 Å². The number of carbonyl (C=O) groups is 1. The average Bonchev–Trinajstić information content (AvgIpc) is 2.91. The van der Waals surface area contributed by atoms with Crippen LogP contribution in [0.1, 0.15) is 27.0 Å². The predicted molar refractivity (Wildman–Crippen MR) is 79.2 cm³/mol. The summed E-state index contributed by atoms with van der Waals surface area (Å²) in [5.41, 5.74) is 9.96. The van der Waals surface area contributed by atoms with Crippen LogP contribution in [0.5, 0.6) is 0 Å². The molecule has 1 aliphatic heterocycles. The lowest BCUT2D eigenvalue weighted by Crippen LogP contribution is -2.25. The van der Waals surface area contributed by atoms with Gasteiger partial charge < -0.3 is 10.6 Å². The van der Waals surface area contributed by atoms with Crippen LogP contribution in [0.4, 0.5) is 0 Å². The van der Waals surface area contributed by atoms with Crippen molar-refractivity contribution in [1.82, 2.24) is 4.90 Å². The third kappa shape index (κ3) is 2.45. The molecule has 0 aliphatic carbocycles. The van der Waals surface area contributed by atoms with Gasteiger partial charge in [0.1, 0.15) is 0 Å². The molecule has 0 bridgehead atoms. The van der Waals surface area contributed by atoms with Crippen molar-refractivity contribution in [3.05, 3.63) is 70.8 Å². The minimum Gasteiger partial charge on any atom is -0.330 e. The summed E-state index contributed by atoms with van der Waals surface area (Å²) in [6.45, 7) is 2.05. The largest absolute Gasteiger partial charge is 0.330 e. The number of nitrogens with zero attached hydrogens (tertiary/aromatic N) is 1. The highest BCUT2D eigenvalue weighted by Crippen LogP contribution is 2.24. The van der Waals surface area contributed by atoms with Gasteiger partial charge in [-0.1, -0.05) is 36.4 Å². The van der Waals surface area contributed by atoms with Gasteiger partial charge in [0.15, 0.2) is 0 Å². The van der Waals surface area contributed by atoms with E-state index >= 15 is 0 Å². The molecule has 0 fully saturated rings. The van der Waals surface area contributed by atoms with Crippen LogP contribution in [-0.2, 0) is 19.5 Å². The summed E-state index contributed by atoms with van der Waals surface area (Å²) >= 11 is 0. The van der Waals surface area contributed by atoms with Gasteiger partial charge in [-0.25, -0.2) is 0 Å². The highest BCUT2D eigenvalue weighted by atomic mass is 16.2. The fraction of sp³-hybridized carbons (Fsp3) is 0.235. The van der Waals surface area contributed by atoms with Gasteiger partial charge in [0.05, 0.1) is 0 Å². The second kappa shape index (κ2) is 5.47. The van der Waals surface area contributed by atoms with E-state index in [4.69, 9.17) is 5.73 Å². The zero-order chi connectivity index (χ0) is 13.9. The molecule has 0 unspecified atom stereocenters. The average molecular weight is 266 g/mol. The van der Waals surface area contributed by atoms with Gasteiger partial charge in [-0.15, -0.1) is 0 Å². The molecule has 2 aromatic rings. The third-order valence-corrected chi connectivity index (χ3v) is 3.76. The number of hydrogen-bond acceptors (Lipinski definition) is 2. The molecule has 102 valence electrons. The van der Waals surface area contributed by atoms with E-state index in [-0.39, 0.29) is 5.91 Å². The summed E-state index contributed by atoms with van der Waals surface area (Å²) in [5, 5.41) is 0. The van der Waals surface area contributed by atoms with Crippen molar-refractivity contribution >= 4 is 5.91 Å². The predicted octanol–water partition coefficient (Wildman–Crippen LogP) is 2.34. The van der Waals surface area contributed by atoms with Gasteiger partial charge in [0.2, 0.25) is 0 Å². The summed E-state index contributed by atoms with van der Waals surface area (Å²) in [4.78, 5) is 14.4. The molecule has 0 aromatic heterocycles. The van der Waals surface area contributed by atoms with Crippen molar-refractivity contribution in [2.24, 2.45) is 5.73 Å². The van der Waals surface area contributed by atoms with Crippen LogP contribution in [0.3, 0.4) is 0 Å². The lowest BCUT2D eigenvalue weighted by Gasteiger charge is -2.15. The fourth-order valence-electron chi connectivity index (χ4n) is 2.64. The van der Waals surface area contributed by atoms with Crippen LogP contribution >= 0.6 is 0 Å². The van der Waals surface area contributed by atoms with Crippen LogP contribution in [-0.4, -0.2) is 17.4 Å². The minimum absolute atomic E-state index is 0.0977. The van der Waals surface area contributed by atoms with E-state index in [0.717, 1.165) is 12.0 Å². The molecule has 2 aromatic carbocycles. The van der Waals surface area contributed by atoms with Crippen LogP contribution in [0.15, 0.2) is 48.5 Å². The molecule has 3 nitrogen and oxygen atoms in total. The van der Waals surface area contributed by atoms with Crippen LogP contribution < -0.4 is 5.73 Å². The summed E-state index contributed by atoms with van der Waals surface area (Å²) in [5.74, 6) is 0.0977. The number of benzene rings is 2. The van der Waals surface area contributed by atoms with Gasteiger partial charge in [-0.3, -0.25) is 4.79 Å². The van der Waals surface area contributed by atoms with Crippen LogP contribution in [0.25, 0.3) is 0 Å². The van der Waals surface area contributed by atoms with E-state index in [0.29, 0.717) is 19.6 Å². The first-order valence-electron chi connectivity index (χ1n) is 6.93. The van der Waals surface area contributed by atoms with E-state index in [1.165, 1.54) is 16.7 Å². The smallest absolute Gasteiger partial charge is 0.254 e. The number of hydrogen-bond donors (Lipinski definition) is 1. The van der Waals surface area contributed by atoms with Gasteiger partial charge in [-0.2, -0.15) is 0 Å². The topological polar surface area (TPSA) is 46.3 Å². The molecule has 1 aliphatic rings. The molecule has 0 spiro atoms. The summed E-state index contributed by atoms with van der Waals surface area (Å²) in [6.07, 6.45) is 0.851. The molecule has 1 heterocycles. The lowest BCUT2D eigenvalue weighted by molar-refractivity contribution is 0.0751. The Morgan fingerprint density at radius 1 is 1.00 bits per heavy atom. The second-order valence-corrected chi connectivity index (χ2v) is 5.17. The Kier molecular flexibility index (Phi) is 3.52. The quantitative estimate of drug-likeness (QED) is 0.927. The van der Waals surface area contributed by atoms with E-state index in [9.17, 15) is 4.79 Å². The molecular weight excluding hydrogens is 248 g/mol. The Morgan fingerprint density at radius 3 is 2.15 bits per heavy atom. The van der Waals surface area contributed by atoms with Crippen LogP contribution in [0, 0.1) is 0 Å². The molecule has 3 heteroatoms. The molecule has 0 saturated carbocycles. The second-order valence-electron chi connectivity index (χ2n) is 5.17. The summed E-state index contributed by atoms with van der Waals surface area (Å²) < 4.78 is 0. The molecule has 20 heavy (non-hydrogen) atoms. The maximum atomic E-state index is 12.5. The Morgan fingerprint density at radius 2 is 1.60 bits per heavy atom.